The Morgan fingerprint density at radius 1 is 1.37 bits per heavy atom. The topological polar surface area (TPSA) is 118 Å². The SMILES string of the molecule is CO[C@@H]1[C@H](OC(=O)NC(=O)CCl)CC[C@](O)(CSC)[C@@]1(O)[C@@]1(C)O[C@@H]1CC=C(C)C. The van der Waals surface area contributed by atoms with Gasteiger partial charge < -0.3 is 24.4 Å². The third-order valence-electron chi connectivity index (χ3n) is 6.00. The Morgan fingerprint density at radius 3 is 2.57 bits per heavy atom. The van der Waals surface area contributed by atoms with Crippen molar-refractivity contribution < 1.29 is 34.0 Å². The van der Waals surface area contributed by atoms with Crippen LogP contribution in [0.4, 0.5) is 4.79 Å². The highest BCUT2D eigenvalue weighted by atomic mass is 35.5. The molecule has 0 radical (unpaired) electrons. The monoisotopic (exact) mass is 465 g/mol. The molecular weight excluding hydrogens is 434 g/mol. The number of carbonyl (C=O) groups is 2. The summed E-state index contributed by atoms with van der Waals surface area (Å²) in [6.07, 6.45) is 1.57. The van der Waals surface area contributed by atoms with Crippen LogP contribution >= 0.6 is 23.4 Å². The van der Waals surface area contributed by atoms with E-state index >= 15 is 0 Å². The van der Waals surface area contributed by atoms with E-state index in [1.54, 1.807) is 6.92 Å². The minimum atomic E-state index is -1.85. The predicted molar refractivity (Wildman–Crippen MR) is 115 cm³/mol. The lowest BCUT2D eigenvalue weighted by Crippen LogP contribution is -2.75. The quantitative estimate of drug-likeness (QED) is 0.283. The number of amides is 2. The summed E-state index contributed by atoms with van der Waals surface area (Å²) in [6, 6.07) is 0. The van der Waals surface area contributed by atoms with Crippen molar-refractivity contribution in [1.29, 1.82) is 0 Å². The van der Waals surface area contributed by atoms with Crippen LogP contribution < -0.4 is 5.32 Å². The summed E-state index contributed by atoms with van der Waals surface area (Å²) in [5.74, 6) is -0.829. The number of carbonyl (C=O) groups excluding carboxylic acids is 2. The minimum absolute atomic E-state index is 0.167. The van der Waals surface area contributed by atoms with Gasteiger partial charge in [-0.1, -0.05) is 11.6 Å². The summed E-state index contributed by atoms with van der Waals surface area (Å²) in [6.45, 7) is 5.69. The zero-order chi connectivity index (χ0) is 22.7. The van der Waals surface area contributed by atoms with Crippen LogP contribution in [0.15, 0.2) is 11.6 Å². The van der Waals surface area contributed by atoms with E-state index in [2.05, 4.69) is 0 Å². The fourth-order valence-corrected chi connectivity index (χ4v) is 5.30. The maximum Gasteiger partial charge on any atom is 0.414 e. The third kappa shape index (κ3) is 4.66. The van der Waals surface area contributed by atoms with Crippen LogP contribution in [0, 0.1) is 0 Å². The Balaban J connectivity index is 2.34. The van der Waals surface area contributed by atoms with Gasteiger partial charge in [-0.05, 0) is 46.3 Å². The van der Waals surface area contributed by atoms with E-state index in [1.165, 1.54) is 18.9 Å². The maximum absolute atomic E-state index is 12.1. The van der Waals surface area contributed by atoms with Gasteiger partial charge >= 0.3 is 6.09 Å². The molecule has 2 aliphatic rings. The second-order valence-electron chi connectivity index (χ2n) is 8.28. The molecule has 0 bridgehead atoms. The molecule has 30 heavy (non-hydrogen) atoms. The number of alkyl carbamates (subject to hydrolysis) is 1. The summed E-state index contributed by atoms with van der Waals surface area (Å²) in [5.41, 5.74) is -3.36. The molecule has 0 unspecified atom stereocenters. The lowest BCUT2D eigenvalue weighted by molar-refractivity contribution is -0.271. The highest BCUT2D eigenvalue weighted by molar-refractivity contribution is 7.98. The highest BCUT2D eigenvalue weighted by Crippen LogP contribution is 2.57. The Hall–Kier alpha value is -0.840. The van der Waals surface area contributed by atoms with E-state index in [0.29, 0.717) is 6.42 Å². The van der Waals surface area contributed by atoms with Crippen molar-refractivity contribution in [3.8, 4) is 0 Å². The predicted octanol–water partition coefficient (Wildman–Crippen LogP) is 1.99. The summed E-state index contributed by atoms with van der Waals surface area (Å²) in [7, 11) is 1.38. The van der Waals surface area contributed by atoms with E-state index in [9.17, 15) is 19.8 Å². The van der Waals surface area contributed by atoms with Gasteiger partial charge in [0.1, 0.15) is 29.3 Å². The number of hydrogen-bond donors (Lipinski definition) is 3. The fraction of sp³-hybridized carbons (Fsp3) is 0.800. The molecule has 1 aliphatic heterocycles. The van der Waals surface area contributed by atoms with Crippen molar-refractivity contribution in [3.63, 3.8) is 0 Å². The molecular formula is C20H32ClNO7S. The zero-order valence-electron chi connectivity index (χ0n) is 18.1. The van der Waals surface area contributed by atoms with Crippen molar-refractivity contribution in [2.75, 3.05) is 25.0 Å². The van der Waals surface area contributed by atoms with E-state index in [1.807, 2.05) is 31.5 Å². The fourth-order valence-electron chi connectivity index (χ4n) is 4.39. The third-order valence-corrected chi connectivity index (χ3v) is 7.01. The molecule has 3 N–H and O–H groups in total. The largest absolute Gasteiger partial charge is 0.443 e. The Labute approximate surface area is 186 Å². The molecule has 2 rings (SSSR count). The molecule has 2 amide bonds. The van der Waals surface area contributed by atoms with E-state index in [4.69, 9.17) is 25.8 Å². The van der Waals surface area contributed by atoms with Crippen molar-refractivity contribution in [1.82, 2.24) is 5.32 Å². The first kappa shape index (κ1) is 25.4. The summed E-state index contributed by atoms with van der Waals surface area (Å²) >= 11 is 6.81. The van der Waals surface area contributed by atoms with E-state index in [-0.39, 0.29) is 30.6 Å². The lowest BCUT2D eigenvalue weighted by atomic mass is 9.62. The molecule has 6 atom stereocenters. The average molecular weight is 466 g/mol. The number of ether oxygens (including phenoxy) is 3. The molecule has 2 fully saturated rings. The normalized spacial score (nSPS) is 37.9. The van der Waals surface area contributed by atoms with Gasteiger partial charge in [-0.15, -0.1) is 11.6 Å². The van der Waals surface area contributed by atoms with Crippen LogP contribution in [0.2, 0.25) is 0 Å². The molecule has 172 valence electrons. The van der Waals surface area contributed by atoms with Gasteiger partial charge in [0.05, 0.1) is 6.10 Å². The van der Waals surface area contributed by atoms with Crippen LogP contribution in [-0.4, -0.2) is 82.3 Å². The molecule has 8 nitrogen and oxygen atoms in total. The zero-order valence-corrected chi connectivity index (χ0v) is 19.6. The molecule has 0 aromatic carbocycles. The van der Waals surface area contributed by atoms with Crippen molar-refractivity contribution >= 4 is 35.4 Å². The van der Waals surface area contributed by atoms with Gasteiger partial charge in [0.2, 0.25) is 5.91 Å². The Morgan fingerprint density at radius 2 is 2.03 bits per heavy atom. The number of rotatable bonds is 8. The molecule has 0 aromatic heterocycles. The number of aliphatic hydroxyl groups is 2. The standard InChI is InChI=1S/C20H32ClNO7S/c1-12(2)6-7-14-18(3,29-14)20(26)16(27-4)13(8-9-19(20,25)11-30-5)28-17(24)22-15(23)10-21/h6,13-14,16,25-26H,7-11H2,1-5H3,(H,22,23,24)/t13-,14-,16-,18+,19+,20+/m1/s1. The first-order valence-corrected chi connectivity index (χ1v) is 11.8. The Kier molecular flexibility index (Phi) is 8.26. The first-order chi connectivity index (χ1) is 14.0. The summed E-state index contributed by atoms with van der Waals surface area (Å²) in [4.78, 5) is 23.5. The number of nitrogens with one attached hydrogen (secondary N) is 1. The number of allylic oxidation sites excluding steroid dienone is 1. The van der Waals surface area contributed by atoms with Crippen molar-refractivity contribution in [2.45, 2.75) is 75.1 Å². The van der Waals surface area contributed by atoms with Crippen LogP contribution in [0.25, 0.3) is 0 Å². The van der Waals surface area contributed by atoms with Gasteiger partial charge in [-0.2, -0.15) is 11.8 Å². The number of halogens is 1. The number of thioether (sulfide) groups is 1. The highest BCUT2D eigenvalue weighted by Gasteiger charge is 2.77. The van der Waals surface area contributed by atoms with Crippen LogP contribution in [0.3, 0.4) is 0 Å². The molecule has 1 aliphatic carbocycles. The van der Waals surface area contributed by atoms with Gasteiger partial charge in [-0.3, -0.25) is 10.1 Å². The van der Waals surface area contributed by atoms with E-state index in [0.717, 1.165) is 5.57 Å². The number of imide groups is 1. The van der Waals surface area contributed by atoms with Crippen molar-refractivity contribution in [3.05, 3.63) is 11.6 Å². The van der Waals surface area contributed by atoms with E-state index < -0.39 is 41.0 Å². The first-order valence-electron chi connectivity index (χ1n) is 9.83. The van der Waals surface area contributed by atoms with Crippen LogP contribution in [0.1, 0.15) is 40.0 Å². The number of hydrogen-bond acceptors (Lipinski definition) is 8. The van der Waals surface area contributed by atoms with Gasteiger partial charge in [-0.25, -0.2) is 4.79 Å². The minimum Gasteiger partial charge on any atom is -0.443 e. The molecule has 1 saturated carbocycles. The van der Waals surface area contributed by atoms with Gasteiger partial charge in [0.25, 0.3) is 0 Å². The smallest absolute Gasteiger partial charge is 0.414 e. The van der Waals surface area contributed by atoms with Gasteiger partial charge in [0, 0.05) is 12.9 Å². The number of methoxy groups -OCH3 is 1. The molecule has 1 heterocycles. The average Bonchev–Trinajstić information content (AvgIpc) is 3.35. The molecule has 0 spiro atoms. The Bertz CT molecular complexity index is 688. The number of alkyl halides is 1. The maximum atomic E-state index is 12.1. The van der Waals surface area contributed by atoms with Crippen LogP contribution in [-0.2, 0) is 19.0 Å². The van der Waals surface area contributed by atoms with Gasteiger partial charge in [0.15, 0.2) is 5.60 Å². The van der Waals surface area contributed by atoms with Crippen LogP contribution in [0.5, 0.6) is 0 Å². The summed E-state index contributed by atoms with van der Waals surface area (Å²) < 4.78 is 16.9. The summed E-state index contributed by atoms with van der Waals surface area (Å²) in [5, 5.41) is 25.5. The lowest BCUT2D eigenvalue weighted by Gasteiger charge is -2.54. The number of epoxide rings is 1. The molecule has 0 aromatic rings. The van der Waals surface area contributed by atoms with Crippen molar-refractivity contribution in [2.24, 2.45) is 0 Å². The molecule has 1 saturated heterocycles. The second-order valence-corrected chi connectivity index (χ2v) is 9.42. The molecule has 10 heteroatoms. The second kappa shape index (κ2) is 9.75.